The molecule has 0 unspecified atom stereocenters. The lowest BCUT2D eigenvalue weighted by atomic mass is 10.2. The quantitative estimate of drug-likeness (QED) is 0.674. The molecule has 0 bridgehead atoms. The van der Waals surface area contributed by atoms with Crippen LogP contribution in [0.1, 0.15) is 0 Å². The molecule has 2 N–H and O–H groups in total. The largest absolute Gasteiger partial charge is 0.369 e. The molecular weight excluding hydrogens is 244 g/mol. The van der Waals surface area contributed by atoms with Crippen molar-refractivity contribution >= 4 is 40.0 Å². The number of nitrogens with zero attached hydrogens (tertiary/aromatic N) is 1. The van der Waals surface area contributed by atoms with Gasteiger partial charge >= 0.3 is 0 Å². The number of halogens is 1. The van der Waals surface area contributed by atoms with E-state index in [1.165, 1.54) is 11.8 Å². The Bertz CT molecular complexity index is 544. The molecule has 0 aliphatic rings. The predicted molar refractivity (Wildman–Crippen MR) is 66.7 cm³/mol. The van der Waals surface area contributed by atoms with Crippen LogP contribution in [0.3, 0.4) is 0 Å². The third kappa shape index (κ3) is 2.46. The van der Waals surface area contributed by atoms with Crippen LogP contribution in [0, 0.1) is 0 Å². The summed E-state index contributed by atoms with van der Waals surface area (Å²) < 4.78 is 0. The van der Waals surface area contributed by atoms with Crippen molar-refractivity contribution in [1.29, 1.82) is 0 Å². The Hall–Kier alpha value is -1.26. The van der Waals surface area contributed by atoms with E-state index in [-0.39, 0.29) is 11.7 Å². The fourth-order valence-electron chi connectivity index (χ4n) is 1.38. The van der Waals surface area contributed by atoms with Crippen molar-refractivity contribution < 1.29 is 4.79 Å². The van der Waals surface area contributed by atoms with Gasteiger partial charge in [0, 0.05) is 5.39 Å². The van der Waals surface area contributed by atoms with Crippen molar-refractivity contribution in [2.24, 2.45) is 5.73 Å². The fourth-order valence-corrected chi connectivity index (χ4v) is 2.42. The highest BCUT2D eigenvalue weighted by Crippen LogP contribution is 2.28. The minimum atomic E-state index is -0.365. The van der Waals surface area contributed by atoms with E-state index in [9.17, 15) is 4.79 Å². The maximum absolute atomic E-state index is 10.7. The monoisotopic (exact) mass is 252 g/mol. The van der Waals surface area contributed by atoms with Gasteiger partial charge in [-0.3, -0.25) is 4.79 Å². The molecular formula is C11H9ClN2OS. The minimum Gasteiger partial charge on any atom is -0.369 e. The average Bonchev–Trinajstić information content (AvgIpc) is 2.25. The maximum Gasteiger partial charge on any atom is 0.227 e. The number of nitrogens with two attached hydrogens (primary N) is 1. The first-order chi connectivity index (χ1) is 7.66. The number of pyridine rings is 1. The number of carbonyl (C=O) groups excluding carboxylic acids is 1. The molecule has 1 aromatic heterocycles. The Kier molecular flexibility index (Phi) is 3.31. The van der Waals surface area contributed by atoms with Crippen molar-refractivity contribution in [3.8, 4) is 0 Å². The van der Waals surface area contributed by atoms with Crippen molar-refractivity contribution in [1.82, 2.24) is 4.98 Å². The topological polar surface area (TPSA) is 56.0 Å². The summed E-state index contributed by atoms with van der Waals surface area (Å²) in [5, 5.41) is 3.15. The second-order valence-corrected chi connectivity index (χ2v) is 4.58. The molecule has 0 radical (unpaired) electrons. The van der Waals surface area contributed by atoms with E-state index in [0.29, 0.717) is 5.15 Å². The Morgan fingerprint density at radius 3 is 2.94 bits per heavy atom. The number of aromatic nitrogens is 1. The molecule has 0 saturated heterocycles. The lowest BCUT2D eigenvalue weighted by molar-refractivity contribution is -0.115. The molecule has 0 fully saturated rings. The van der Waals surface area contributed by atoms with Gasteiger partial charge in [-0.25, -0.2) is 4.98 Å². The van der Waals surface area contributed by atoms with E-state index >= 15 is 0 Å². The number of benzene rings is 1. The summed E-state index contributed by atoms with van der Waals surface area (Å²) in [6, 6.07) is 9.55. The molecule has 1 aromatic carbocycles. The minimum absolute atomic E-state index is 0.206. The first kappa shape index (κ1) is 11.2. The zero-order valence-electron chi connectivity index (χ0n) is 8.31. The van der Waals surface area contributed by atoms with Crippen LogP contribution < -0.4 is 5.73 Å². The first-order valence-electron chi connectivity index (χ1n) is 4.63. The predicted octanol–water partition coefficient (Wildman–Crippen LogP) is 2.47. The van der Waals surface area contributed by atoms with E-state index in [1.54, 1.807) is 6.07 Å². The van der Waals surface area contributed by atoms with Gasteiger partial charge in [-0.2, -0.15) is 0 Å². The van der Waals surface area contributed by atoms with Crippen LogP contribution in [-0.2, 0) is 4.79 Å². The lowest BCUT2D eigenvalue weighted by Crippen LogP contribution is -2.13. The van der Waals surface area contributed by atoms with Crippen molar-refractivity contribution in [2.75, 3.05) is 5.75 Å². The third-order valence-corrected chi connectivity index (χ3v) is 3.23. The van der Waals surface area contributed by atoms with Crippen LogP contribution in [-0.4, -0.2) is 16.6 Å². The zero-order chi connectivity index (χ0) is 11.5. The highest BCUT2D eigenvalue weighted by molar-refractivity contribution is 8.00. The number of hydrogen-bond acceptors (Lipinski definition) is 3. The van der Waals surface area contributed by atoms with E-state index in [1.807, 2.05) is 24.3 Å². The molecule has 5 heteroatoms. The average molecular weight is 253 g/mol. The molecule has 1 heterocycles. The molecule has 82 valence electrons. The van der Waals surface area contributed by atoms with Crippen molar-refractivity contribution in [2.45, 2.75) is 5.03 Å². The number of carbonyl (C=O) groups is 1. The SMILES string of the molecule is NC(=O)CSc1nc(Cl)cc2ccccc12. The van der Waals surface area contributed by atoms with E-state index < -0.39 is 0 Å². The van der Waals surface area contributed by atoms with Crippen molar-refractivity contribution in [3.63, 3.8) is 0 Å². The summed E-state index contributed by atoms with van der Waals surface area (Å²) in [6.07, 6.45) is 0. The standard InChI is InChI=1S/C11H9ClN2OS/c12-9-5-7-3-1-2-4-8(7)11(14-9)16-6-10(13)15/h1-5H,6H2,(H2,13,15). The third-order valence-electron chi connectivity index (χ3n) is 2.03. The second kappa shape index (κ2) is 4.72. The number of rotatable bonds is 3. The van der Waals surface area contributed by atoms with Crippen LogP contribution >= 0.6 is 23.4 Å². The number of fused-ring (bicyclic) bond motifs is 1. The fraction of sp³-hybridized carbons (Fsp3) is 0.0909. The van der Waals surface area contributed by atoms with E-state index in [4.69, 9.17) is 17.3 Å². The van der Waals surface area contributed by atoms with Crippen LogP contribution in [0.4, 0.5) is 0 Å². The van der Waals surface area contributed by atoms with Gasteiger partial charge in [-0.05, 0) is 11.5 Å². The van der Waals surface area contributed by atoms with Gasteiger partial charge in [-0.15, -0.1) is 0 Å². The van der Waals surface area contributed by atoms with Crippen molar-refractivity contribution in [3.05, 3.63) is 35.5 Å². The molecule has 2 aromatic rings. The van der Waals surface area contributed by atoms with Crippen LogP contribution in [0.2, 0.25) is 5.15 Å². The second-order valence-electron chi connectivity index (χ2n) is 3.23. The highest BCUT2D eigenvalue weighted by Gasteiger charge is 2.06. The van der Waals surface area contributed by atoms with Gasteiger partial charge in [0.25, 0.3) is 0 Å². The first-order valence-corrected chi connectivity index (χ1v) is 5.99. The van der Waals surface area contributed by atoms with Gasteiger partial charge in [0.1, 0.15) is 10.2 Å². The molecule has 16 heavy (non-hydrogen) atoms. The van der Waals surface area contributed by atoms with Gasteiger partial charge in [-0.1, -0.05) is 47.6 Å². The van der Waals surface area contributed by atoms with Gasteiger partial charge in [0.15, 0.2) is 0 Å². The van der Waals surface area contributed by atoms with Crippen LogP contribution in [0.5, 0.6) is 0 Å². The summed E-state index contributed by atoms with van der Waals surface area (Å²) in [5.41, 5.74) is 5.10. The molecule has 1 amide bonds. The Balaban J connectivity index is 2.46. The van der Waals surface area contributed by atoms with Crippen LogP contribution in [0.15, 0.2) is 35.4 Å². The molecule has 2 rings (SSSR count). The summed E-state index contributed by atoms with van der Waals surface area (Å²) >= 11 is 7.20. The summed E-state index contributed by atoms with van der Waals surface area (Å²) in [4.78, 5) is 14.9. The number of thioether (sulfide) groups is 1. The van der Waals surface area contributed by atoms with Gasteiger partial charge in [0.05, 0.1) is 5.75 Å². The molecule has 0 spiro atoms. The summed E-state index contributed by atoms with van der Waals surface area (Å²) in [6.45, 7) is 0. The summed E-state index contributed by atoms with van der Waals surface area (Å²) in [7, 11) is 0. The molecule has 0 aliphatic carbocycles. The van der Waals surface area contributed by atoms with Gasteiger partial charge < -0.3 is 5.73 Å². The lowest BCUT2D eigenvalue weighted by Gasteiger charge is -2.04. The molecule has 0 atom stereocenters. The summed E-state index contributed by atoms with van der Waals surface area (Å²) in [5.74, 6) is -0.159. The molecule has 3 nitrogen and oxygen atoms in total. The Morgan fingerprint density at radius 2 is 2.19 bits per heavy atom. The molecule has 0 aliphatic heterocycles. The van der Waals surface area contributed by atoms with E-state index in [2.05, 4.69) is 4.98 Å². The zero-order valence-corrected chi connectivity index (χ0v) is 9.89. The van der Waals surface area contributed by atoms with Crippen LogP contribution in [0.25, 0.3) is 10.8 Å². The van der Waals surface area contributed by atoms with Gasteiger partial charge in [0.2, 0.25) is 5.91 Å². The molecule has 0 saturated carbocycles. The maximum atomic E-state index is 10.7. The Morgan fingerprint density at radius 1 is 1.44 bits per heavy atom. The highest BCUT2D eigenvalue weighted by atomic mass is 35.5. The number of amides is 1. The number of hydrogen-bond donors (Lipinski definition) is 1. The normalized spacial score (nSPS) is 10.6. The Labute approximate surface area is 102 Å². The number of primary amides is 1. The van der Waals surface area contributed by atoms with E-state index in [0.717, 1.165) is 15.8 Å². The smallest absolute Gasteiger partial charge is 0.227 e.